The molecule has 6 heteroatoms. The van der Waals surface area contributed by atoms with E-state index in [0.717, 1.165) is 17.9 Å². The minimum atomic E-state index is -1.01. The molecule has 0 bridgehead atoms. The van der Waals surface area contributed by atoms with E-state index in [9.17, 15) is 9.59 Å². The molecule has 1 aliphatic rings. The summed E-state index contributed by atoms with van der Waals surface area (Å²) in [5, 5.41) is 14.4. The SMILES string of the molecule is CC(C)(C)[C@H](NC(=O)NCC1CCSC1)C(=O)O. The quantitative estimate of drug-likeness (QED) is 0.726. The maximum atomic E-state index is 11.7. The Morgan fingerprint density at radius 3 is 2.56 bits per heavy atom. The summed E-state index contributed by atoms with van der Waals surface area (Å²) < 4.78 is 0. The molecule has 104 valence electrons. The van der Waals surface area contributed by atoms with Gasteiger partial charge in [-0.3, -0.25) is 0 Å². The number of carboxylic acids is 1. The first-order valence-corrected chi connectivity index (χ1v) is 7.31. The highest BCUT2D eigenvalue weighted by Gasteiger charge is 2.32. The molecule has 3 N–H and O–H groups in total. The highest BCUT2D eigenvalue weighted by atomic mass is 32.2. The third-order valence-corrected chi connectivity index (χ3v) is 4.20. The Kier molecular flexibility index (Phi) is 5.31. The van der Waals surface area contributed by atoms with Crippen molar-refractivity contribution in [1.82, 2.24) is 10.6 Å². The third-order valence-electron chi connectivity index (χ3n) is 2.96. The lowest BCUT2D eigenvalue weighted by molar-refractivity contribution is -0.141. The Bertz CT molecular complexity index is 309. The van der Waals surface area contributed by atoms with Crippen molar-refractivity contribution >= 4 is 23.8 Å². The van der Waals surface area contributed by atoms with Crippen LogP contribution in [0.15, 0.2) is 0 Å². The zero-order valence-electron chi connectivity index (χ0n) is 11.2. The number of urea groups is 1. The number of hydrogen-bond acceptors (Lipinski definition) is 3. The van der Waals surface area contributed by atoms with Gasteiger partial charge in [0.25, 0.3) is 0 Å². The molecular formula is C12H22N2O3S. The van der Waals surface area contributed by atoms with Crippen molar-refractivity contribution in [1.29, 1.82) is 0 Å². The monoisotopic (exact) mass is 274 g/mol. The van der Waals surface area contributed by atoms with Crippen molar-refractivity contribution < 1.29 is 14.7 Å². The number of thioether (sulfide) groups is 1. The normalized spacial score (nSPS) is 21.4. The highest BCUT2D eigenvalue weighted by molar-refractivity contribution is 7.99. The molecule has 2 atom stereocenters. The van der Waals surface area contributed by atoms with Crippen LogP contribution in [0.3, 0.4) is 0 Å². The number of carbonyl (C=O) groups excluding carboxylic acids is 1. The lowest BCUT2D eigenvalue weighted by Gasteiger charge is -2.28. The molecule has 1 unspecified atom stereocenters. The van der Waals surface area contributed by atoms with Crippen molar-refractivity contribution in [2.45, 2.75) is 33.2 Å². The summed E-state index contributed by atoms with van der Waals surface area (Å²) in [5.74, 6) is 1.73. The minimum absolute atomic E-state index is 0.394. The summed E-state index contributed by atoms with van der Waals surface area (Å²) in [7, 11) is 0. The van der Waals surface area contributed by atoms with E-state index in [1.54, 1.807) is 20.8 Å². The average molecular weight is 274 g/mol. The molecule has 0 spiro atoms. The van der Waals surface area contributed by atoms with Crippen molar-refractivity contribution in [2.75, 3.05) is 18.1 Å². The van der Waals surface area contributed by atoms with Crippen molar-refractivity contribution in [3.63, 3.8) is 0 Å². The summed E-state index contributed by atoms with van der Waals surface area (Å²) in [4.78, 5) is 22.8. The number of amides is 2. The Morgan fingerprint density at radius 1 is 1.44 bits per heavy atom. The molecule has 0 aromatic rings. The number of rotatable bonds is 4. The Morgan fingerprint density at radius 2 is 2.11 bits per heavy atom. The molecule has 1 saturated heterocycles. The molecule has 0 aromatic heterocycles. The molecule has 2 amide bonds. The number of nitrogens with one attached hydrogen (secondary N) is 2. The summed E-state index contributed by atoms with van der Waals surface area (Å²) in [6.07, 6.45) is 1.12. The first-order chi connectivity index (χ1) is 8.30. The predicted molar refractivity (Wildman–Crippen MR) is 72.8 cm³/mol. The fourth-order valence-corrected chi connectivity index (χ4v) is 3.10. The molecule has 18 heavy (non-hydrogen) atoms. The van der Waals surface area contributed by atoms with Gasteiger partial charge in [-0.2, -0.15) is 11.8 Å². The van der Waals surface area contributed by atoms with E-state index in [-0.39, 0.29) is 0 Å². The van der Waals surface area contributed by atoms with Gasteiger partial charge in [-0.25, -0.2) is 9.59 Å². The van der Waals surface area contributed by atoms with E-state index >= 15 is 0 Å². The van der Waals surface area contributed by atoms with E-state index in [2.05, 4.69) is 10.6 Å². The van der Waals surface area contributed by atoms with Gasteiger partial charge in [0.05, 0.1) is 0 Å². The van der Waals surface area contributed by atoms with Gasteiger partial charge in [0.1, 0.15) is 6.04 Å². The fraction of sp³-hybridized carbons (Fsp3) is 0.833. The van der Waals surface area contributed by atoms with Crippen LogP contribution in [0.5, 0.6) is 0 Å². The Balaban J connectivity index is 2.39. The molecule has 1 heterocycles. The van der Waals surface area contributed by atoms with Gasteiger partial charge in [0.2, 0.25) is 0 Å². The maximum Gasteiger partial charge on any atom is 0.326 e. The maximum absolute atomic E-state index is 11.7. The van der Waals surface area contributed by atoms with Gasteiger partial charge < -0.3 is 15.7 Å². The largest absolute Gasteiger partial charge is 0.480 e. The van der Waals surface area contributed by atoms with E-state index < -0.39 is 23.5 Å². The number of hydrogen-bond donors (Lipinski definition) is 3. The number of carbonyl (C=O) groups is 2. The van der Waals surface area contributed by atoms with Gasteiger partial charge in [-0.1, -0.05) is 20.8 Å². The van der Waals surface area contributed by atoms with E-state index in [1.807, 2.05) is 11.8 Å². The molecule has 1 aliphatic heterocycles. The topological polar surface area (TPSA) is 78.4 Å². The van der Waals surface area contributed by atoms with Crippen LogP contribution in [0.2, 0.25) is 0 Å². The van der Waals surface area contributed by atoms with Gasteiger partial charge in [-0.15, -0.1) is 0 Å². The van der Waals surface area contributed by atoms with Crippen LogP contribution < -0.4 is 10.6 Å². The van der Waals surface area contributed by atoms with Gasteiger partial charge in [-0.05, 0) is 29.3 Å². The van der Waals surface area contributed by atoms with Crippen LogP contribution in [0.25, 0.3) is 0 Å². The second-order valence-electron chi connectivity index (χ2n) is 5.72. The van der Waals surface area contributed by atoms with Crippen molar-refractivity contribution in [3.05, 3.63) is 0 Å². The predicted octanol–water partition coefficient (Wildman–Crippen LogP) is 1.54. The van der Waals surface area contributed by atoms with Crippen LogP contribution in [0.1, 0.15) is 27.2 Å². The summed E-state index contributed by atoms with van der Waals surface area (Å²) in [5.41, 5.74) is -0.508. The van der Waals surface area contributed by atoms with Crippen LogP contribution in [0.4, 0.5) is 4.79 Å². The molecule has 0 aliphatic carbocycles. The molecule has 0 aromatic carbocycles. The zero-order chi connectivity index (χ0) is 13.8. The van der Waals surface area contributed by atoms with E-state index in [1.165, 1.54) is 0 Å². The summed E-state index contributed by atoms with van der Waals surface area (Å²) in [6, 6.07) is -1.27. The van der Waals surface area contributed by atoms with Crippen molar-refractivity contribution in [2.24, 2.45) is 11.3 Å². The first-order valence-electron chi connectivity index (χ1n) is 6.15. The van der Waals surface area contributed by atoms with Crippen LogP contribution in [0, 0.1) is 11.3 Å². The summed E-state index contributed by atoms with van der Waals surface area (Å²) in [6.45, 7) is 5.99. The van der Waals surface area contributed by atoms with Gasteiger partial charge >= 0.3 is 12.0 Å². The minimum Gasteiger partial charge on any atom is -0.480 e. The van der Waals surface area contributed by atoms with Crippen LogP contribution >= 0.6 is 11.8 Å². The molecule has 1 rings (SSSR count). The lowest BCUT2D eigenvalue weighted by Crippen LogP contribution is -2.52. The van der Waals surface area contributed by atoms with Gasteiger partial charge in [0.15, 0.2) is 0 Å². The van der Waals surface area contributed by atoms with E-state index in [4.69, 9.17) is 5.11 Å². The third kappa shape index (κ3) is 4.76. The van der Waals surface area contributed by atoms with Crippen LogP contribution in [-0.2, 0) is 4.79 Å². The average Bonchev–Trinajstić information content (AvgIpc) is 2.73. The van der Waals surface area contributed by atoms with Crippen molar-refractivity contribution in [3.8, 4) is 0 Å². The highest BCUT2D eigenvalue weighted by Crippen LogP contribution is 2.22. The molecule has 5 nitrogen and oxygen atoms in total. The Labute approximate surface area is 112 Å². The summed E-state index contributed by atoms with van der Waals surface area (Å²) >= 11 is 1.89. The lowest BCUT2D eigenvalue weighted by atomic mass is 9.87. The standard InChI is InChI=1S/C12H22N2O3S/c1-12(2,3)9(10(15)16)14-11(17)13-6-8-4-5-18-7-8/h8-9H,4-7H2,1-3H3,(H,15,16)(H2,13,14,17)/t8?,9-/m1/s1. The Hall–Kier alpha value is -0.910. The molecule has 1 fully saturated rings. The zero-order valence-corrected chi connectivity index (χ0v) is 12.0. The van der Waals surface area contributed by atoms with Gasteiger partial charge in [0, 0.05) is 6.54 Å². The van der Waals surface area contributed by atoms with Crippen LogP contribution in [-0.4, -0.2) is 41.2 Å². The first kappa shape index (κ1) is 15.1. The number of aliphatic carboxylic acids is 1. The molecular weight excluding hydrogens is 252 g/mol. The second kappa shape index (κ2) is 6.31. The van der Waals surface area contributed by atoms with E-state index in [0.29, 0.717) is 12.5 Å². The number of carboxylic acid groups (broad SMARTS) is 1. The molecule has 0 saturated carbocycles. The second-order valence-corrected chi connectivity index (χ2v) is 6.87. The molecule has 0 radical (unpaired) electrons. The smallest absolute Gasteiger partial charge is 0.326 e. The fourth-order valence-electron chi connectivity index (χ4n) is 1.81.